The molecule has 3 aliphatic rings. The molecule has 5 rings (SSSR count). The highest BCUT2D eigenvalue weighted by Crippen LogP contribution is 2.41. The number of hydrogen-bond acceptors (Lipinski definition) is 17. The summed E-state index contributed by atoms with van der Waals surface area (Å²) < 4.78 is 0. The molecule has 2 fully saturated rings. The Hall–Kier alpha value is -3.39. The van der Waals surface area contributed by atoms with Crippen LogP contribution in [-0.2, 0) is 32.1 Å². The van der Waals surface area contributed by atoms with Gasteiger partial charge in [0, 0.05) is 87.4 Å². The number of para-hydroxylation sites is 2. The Morgan fingerprint density at radius 1 is 0.754 bits per heavy atom. The molecule has 23 heteroatoms. The van der Waals surface area contributed by atoms with Crippen molar-refractivity contribution < 1.29 is 70.2 Å². The minimum Gasteiger partial charge on any atom is -0.394 e. The number of fused-ring (bicyclic) bond motifs is 1. The van der Waals surface area contributed by atoms with Crippen molar-refractivity contribution in [2.24, 2.45) is 0 Å². The van der Waals surface area contributed by atoms with Crippen LogP contribution in [-0.4, -0.2) is 221 Å². The van der Waals surface area contributed by atoms with E-state index < -0.39 is 98.9 Å². The van der Waals surface area contributed by atoms with Gasteiger partial charge in [-0.1, -0.05) is 35.3 Å². The summed E-state index contributed by atoms with van der Waals surface area (Å²) in [6, 6.07) is 10.5. The van der Waals surface area contributed by atoms with E-state index in [1.165, 1.54) is 26.9 Å². The van der Waals surface area contributed by atoms with Gasteiger partial charge in [-0.2, -0.15) is 0 Å². The molecule has 0 radical (unpaired) electrons. The number of likely N-dealkylation sites (N-methyl/N-ethyl adjacent to an activating group) is 2. The number of carbonyl (C=O) groups excluding carboxylic acids is 4. The lowest BCUT2D eigenvalue weighted by Gasteiger charge is -2.39. The van der Waals surface area contributed by atoms with E-state index >= 15 is 0 Å². The van der Waals surface area contributed by atoms with Gasteiger partial charge in [0.05, 0.1) is 30.6 Å². The molecule has 2 heterocycles. The quantitative estimate of drug-likeness (QED) is 0.0486. The summed E-state index contributed by atoms with van der Waals surface area (Å²) in [7, 11) is 2.51. The fourth-order valence-corrected chi connectivity index (χ4v) is 10.2. The van der Waals surface area contributed by atoms with Gasteiger partial charge in [-0.05, 0) is 73.9 Å². The maximum atomic E-state index is 14.1. The second-order valence-electron chi connectivity index (χ2n) is 18.2. The van der Waals surface area contributed by atoms with Crippen molar-refractivity contribution in [3.05, 3.63) is 57.6 Å². The van der Waals surface area contributed by atoms with Gasteiger partial charge in [-0.15, -0.1) is 11.8 Å². The van der Waals surface area contributed by atoms with Gasteiger partial charge in [0.15, 0.2) is 0 Å². The summed E-state index contributed by atoms with van der Waals surface area (Å²) in [5, 5.41) is 102. The lowest BCUT2D eigenvalue weighted by Crippen LogP contribution is -2.53. The number of rotatable bonds is 26. The second kappa shape index (κ2) is 26.3. The van der Waals surface area contributed by atoms with Crippen molar-refractivity contribution >= 4 is 70.0 Å². The van der Waals surface area contributed by atoms with Crippen molar-refractivity contribution in [3.63, 3.8) is 0 Å². The van der Waals surface area contributed by atoms with Crippen LogP contribution >= 0.6 is 35.0 Å². The monoisotopic (exact) mass is 1030 g/mol. The first-order valence-corrected chi connectivity index (χ1v) is 25.1. The summed E-state index contributed by atoms with van der Waals surface area (Å²) >= 11 is 15.3. The number of halogens is 2. The van der Waals surface area contributed by atoms with E-state index in [9.17, 15) is 60.0 Å². The van der Waals surface area contributed by atoms with Crippen LogP contribution in [0.15, 0.2) is 36.4 Å². The zero-order chi connectivity index (χ0) is 50.7. The summed E-state index contributed by atoms with van der Waals surface area (Å²) in [6.07, 6.45) is -11.9. The molecule has 69 heavy (non-hydrogen) atoms. The molecule has 1 saturated carbocycles. The molecule has 1 unspecified atom stereocenters. The van der Waals surface area contributed by atoms with E-state index in [1.54, 1.807) is 17.8 Å². The molecule has 2 aromatic carbocycles. The summed E-state index contributed by atoms with van der Waals surface area (Å²) in [5.74, 6) is -0.630. The van der Waals surface area contributed by atoms with E-state index in [1.807, 2.05) is 29.2 Å². The predicted octanol–water partition coefficient (Wildman–Crippen LogP) is -1.35. The third-order valence-electron chi connectivity index (χ3n) is 12.9. The Kier molecular flexibility index (Phi) is 21.6. The number of hydrogen-bond donors (Lipinski definition) is 11. The normalized spacial score (nSPS) is 20.2. The van der Waals surface area contributed by atoms with Gasteiger partial charge in [0.2, 0.25) is 23.6 Å². The van der Waals surface area contributed by atoms with Gasteiger partial charge < -0.3 is 76.0 Å². The van der Waals surface area contributed by atoms with Crippen molar-refractivity contribution in [2.45, 2.75) is 125 Å². The topological polar surface area (TPSA) is 299 Å². The lowest BCUT2D eigenvalue weighted by atomic mass is 10.0. The molecule has 4 amide bonds. The number of thioether (sulfide) groups is 1. The number of anilines is 2. The van der Waals surface area contributed by atoms with E-state index in [-0.39, 0.29) is 31.2 Å². The Morgan fingerprint density at radius 3 is 1.93 bits per heavy atom. The standard InChI is InChI=1S/C46H68Cl2N6O14S/c1-50(20-35(57)41(63)43(65)37(59)22-55)40(62)14-13-31(45(67)51(2)21-36(58)42(64)44(66)38(60)23-56)49-39(61)10-6-3-7-26-17-30(48)27(18-29(26)47)19-52-25-69-24-34(52)46(68)54-16-15-53(28-11-12-28)32-8-4-5-9-33(32)54/h4-5,8-9,17-18,28,31,34-38,41-44,55-60,63-66H,3,6-7,10-16,19-25H2,1-2H3,(H,49,61)/t31-,34-,35-,36-,37+,38+,41?,42+,43+,44+/m0/s1. The molecule has 2 aliphatic heterocycles. The van der Waals surface area contributed by atoms with E-state index in [0.717, 1.165) is 38.8 Å². The summed E-state index contributed by atoms with van der Waals surface area (Å²) in [4.78, 5) is 62.6. The fourth-order valence-electron chi connectivity index (χ4n) is 8.52. The number of aliphatic hydroxyl groups excluding tert-OH is 10. The van der Waals surface area contributed by atoms with Crippen molar-refractivity contribution in [2.75, 3.05) is 74.9 Å². The van der Waals surface area contributed by atoms with Crippen LogP contribution in [0, 0.1) is 0 Å². The molecule has 20 nitrogen and oxygen atoms in total. The van der Waals surface area contributed by atoms with E-state index in [4.69, 9.17) is 33.4 Å². The van der Waals surface area contributed by atoms with E-state index in [0.29, 0.717) is 60.1 Å². The SMILES string of the molecule is CN(C[C@H](O)C(O)[C@H](O)[C@H](O)CO)C(=O)CC[C@H](NC(=O)CCCCc1cc(Cl)c(CN2CSC[C@H]2C(=O)N2CCN(C3CC3)c3ccccc32)cc1Cl)C(=O)N(C)C[C@H](O)[C@@H](O)[C@H](O)[C@H](O)CO. The molecule has 386 valence electrons. The zero-order valence-corrected chi connectivity index (χ0v) is 41.2. The van der Waals surface area contributed by atoms with Crippen LogP contribution in [0.3, 0.4) is 0 Å². The molecular formula is C46H68Cl2N6O14S. The highest BCUT2D eigenvalue weighted by molar-refractivity contribution is 7.99. The Bertz CT molecular complexity index is 2050. The van der Waals surface area contributed by atoms with Gasteiger partial charge in [0.25, 0.3) is 0 Å². The van der Waals surface area contributed by atoms with Crippen molar-refractivity contribution in [3.8, 4) is 0 Å². The van der Waals surface area contributed by atoms with Crippen LogP contribution < -0.4 is 15.1 Å². The largest absolute Gasteiger partial charge is 0.394 e. The first kappa shape index (κ1) is 56.5. The smallest absolute Gasteiger partial charge is 0.245 e. The van der Waals surface area contributed by atoms with Gasteiger partial charge >= 0.3 is 0 Å². The third kappa shape index (κ3) is 15.1. The highest BCUT2D eigenvalue weighted by atomic mass is 35.5. The summed E-state index contributed by atoms with van der Waals surface area (Å²) in [5.41, 5.74) is 3.57. The average molecular weight is 1030 g/mol. The van der Waals surface area contributed by atoms with Crippen LogP contribution in [0.5, 0.6) is 0 Å². The second-order valence-corrected chi connectivity index (χ2v) is 20.0. The number of aryl methyl sites for hydroxylation is 1. The molecular weight excluding hydrogens is 964 g/mol. The number of unbranched alkanes of at least 4 members (excludes halogenated alkanes) is 1. The molecule has 0 spiro atoms. The number of amides is 4. The minimum absolute atomic E-state index is 0.0500. The van der Waals surface area contributed by atoms with Crippen LogP contribution in [0.1, 0.15) is 56.1 Å². The van der Waals surface area contributed by atoms with Gasteiger partial charge in [-0.3, -0.25) is 24.1 Å². The molecule has 11 N–H and O–H groups in total. The zero-order valence-electron chi connectivity index (χ0n) is 38.8. The molecule has 0 bridgehead atoms. The Balaban J connectivity index is 1.16. The molecule has 1 aliphatic carbocycles. The molecule has 10 atom stereocenters. The Labute approximate surface area is 416 Å². The van der Waals surface area contributed by atoms with Crippen molar-refractivity contribution in [1.82, 2.24) is 20.0 Å². The van der Waals surface area contributed by atoms with E-state index in [2.05, 4.69) is 21.2 Å². The predicted molar refractivity (Wildman–Crippen MR) is 259 cm³/mol. The summed E-state index contributed by atoms with van der Waals surface area (Å²) in [6.45, 7) is -1.08. The molecule has 1 saturated heterocycles. The first-order valence-electron chi connectivity index (χ1n) is 23.2. The fraction of sp³-hybridized carbons (Fsp3) is 0.652. The number of aliphatic hydroxyl groups is 10. The third-order valence-corrected chi connectivity index (χ3v) is 14.7. The number of nitrogens with zero attached hydrogens (tertiary/aromatic N) is 5. The lowest BCUT2D eigenvalue weighted by molar-refractivity contribution is -0.142. The number of nitrogens with one attached hydrogen (secondary N) is 1. The molecule has 2 aromatic rings. The Morgan fingerprint density at radius 2 is 1.32 bits per heavy atom. The maximum Gasteiger partial charge on any atom is 0.245 e. The average Bonchev–Trinajstić information content (AvgIpc) is 4.09. The van der Waals surface area contributed by atoms with Gasteiger partial charge in [0.1, 0.15) is 54.9 Å². The van der Waals surface area contributed by atoms with Crippen molar-refractivity contribution in [1.29, 1.82) is 0 Å². The van der Waals surface area contributed by atoms with Gasteiger partial charge in [-0.25, -0.2) is 0 Å². The maximum absolute atomic E-state index is 14.1. The van der Waals surface area contributed by atoms with Crippen LogP contribution in [0.25, 0.3) is 0 Å². The number of benzene rings is 2. The number of carbonyl (C=O) groups is 4. The highest BCUT2D eigenvalue weighted by Gasteiger charge is 2.40. The minimum atomic E-state index is -1.97. The van der Waals surface area contributed by atoms with Crippen LogP contribution in [0.2, 0.25) is 10.0 Å². The first-order chi connectivity index (χ1) is 32.8. The van der Waals surface area contributed by atoms with Crippen LogP contribution in [0.4, 0.5) is 11.4 Å². The molecule has 0 aromatic heterocycles.